The molecule has 0 radical (unpaired) electrons. The smallest absolute Gasteiger partial charge is 0.226 e. The highest BCUT2D eigenvalue weighted by Crippen LogP contribution is 2.34. The predicted molar refractivity (Wildman–Crippen MR) is 106 cm³/mol. The minimum atomic E-state index is -3.15. The highest BCUT2D eigenvalue weighted by atomic mass is 32.2. The molecule has 0 bridgehead atoms. The summed E-state index contributed by atoms with van der Waals surface area (Å²) in [5.41, 5.74) is 2.08. The first kappa shape index (κ1) is 19.0. The van der Waals surface area contributed by atoms with E-state index in [0.717, 1.165) is 29.7 Å². The molecule has 0 spiro atoms. The van der Waals surface area contributed by atoms with Gasteiger partial charge in [0.05, 0.1) is 11.2 Å². The normalized spacial score (nSPS) is 17.7. The number of rotatable bonds is 8. The van der Waals surface area contributed by atoms with Gasteiger partial charge in [0.1, 0.15) is 12.4 Å². The molecular formula is C21H24N2O4S. The number of benzene rings is 2. The van der Waals surface area contributed by atoms with Crippen molar-refractivity contribution in [1.29, 1.82) is 0 Å². The molecule has 0 unspecified atom stereocenters. The molecule has 0 atom stereocenters. The molecule has 2 fully saturated rings. The number of hydrogen-bond acceptors (Lipinski definition) is 4. The van der Waals surface area contributed by atoms with E-state index in [0.29, 0.717) is 26.2 Å². The molecule has 2 aliphatic rings. The van der Waals surface area contributed by atoms with Gasteiger partial charge in [-0.1, -0.05) is 42.5 Å². The minimum Gasteiger partial charge on any atom is -0.489 e. The summed E-state index contributed by atoms with van der Waals surface area (Å²) in [6, 6.07) is 17.6. The van der Waals surface area contributed by atoms with Crippen molar-refractivity contribution in [3.63, 3.8) is 0 Å². The van der Waals surface area contributed by atoms with Crippen molar-refractivity contribution in [2.24, 2.45) is 5.92 Å². The Balaban J connectivity index is 1.20. The number of carbonyl (C=O) groups is 1. The first-order chi connectivity index (χ1) is 13.5. The highest BCUT2D eigenvalue weighted by Gasteiger charge is 2.46. The second kappa shape index (κ2) is 7.93. The monoisotopic (exact) mass is 400 g/mol. The van der Waals surface area contributed by atoms with E-state index in [1.165, 1.54) is 4.31 Å². The zero-order valence-corrected chi connectivity index (χ0v) is 16.4. The summed E-state index contributed by atoms with van der Waals surface area (Å²) in [6.07, 6.45) is 1.50. The number of sulfonamides is 1. The molecule has 1 aliphatic carbocycles. The van der Waals surface area contributed by atoms with Crippen LogP contribution in [0.15, 0.2) is 54.6 Å². The Morgan fingerprint density at radius 1 is 1.00 bits per heavy atom. The van der Waals surface area contributed by atoms with Crippen LogP contribution in [0.4, 0.5) is 0 Å². The Bertz CT molecular complexity index is 919. The lowest BCUT2D eigenvalue weighted by molar-refractivity contribution is -0.128. The average Bonchev–Trinajstić information content (AvgIpc) is 3.51. The van der Waals surface area contributed by atoms with E-state index in [2.05, 4.69) is 5.32 Å². The molecule has 28 heavy (non-hydrogen) atoms. The molecule has 1 amide bonds. The summed E-state index contributed by atoms with van der Waals surface area (Å²) < 4.78 is 31.4. The molecule has 6 nitrogen and oxygen atoms in total. The lowest BCUT2D eigenvalue weighted by atomic mass is 10.0. The third kappa shape index (κ3) is 4.36. The van der Waals surface area contributed by atoms with Crippen LogP contribution in [0.5, 0.6) is 5.75 Å². The molecule has 2 aromatic rings. The maximum Gasteiger partial charge on any atom is 0.226 e. The summed E-state index contributed by atoms with van der Waals surface area (Å²) in [4.78, 5) is 12.2. The van der Waals surface area contributed by atoms with Crippen LogP contribution in [0.2, 0.25) is 0 Å². The molecular weight excluding hydrogens is 376 g/mol. The van der Waals surface area contributed by atoms with Gasteiger partial charge in [0, 0.05) is 19.6 Å². The van der Waals surface area contributed by atoms with Crippen molar-refractivity contribution in [2.45, 2.75) is 31.2 Å². The molecule has 1 saturated carbocycles. The Morgan fingerprint density at radius 3 is 2.32 bits per heavy atom. The van der Waals surface area contributed by atoms with E-state index in [-0.39, 0.29) is 17.1 Å². The largest absolute Gasteiger partial charge is 0.489 e. The van der Waals surface area contributed by atoms with Gasteiger partial charge in [0.15, 0.2) is 0 Å². The van der Waals surface area contributed by atoms with Crippen LogP contribution < -0.4 is 10.1 Å². The van der Waals surface area contributed by atoms with Crippen LogP contribution in [-0.4, -0.2) is 37.0 Å². The Kier molecular flexibility index (Phi) is 5.37. The van der Waals surface area contributed by atoms with Gasteiger partial charge in [-0.2, -0.15) is 4.31 Å². The zero-order valence-electron chi connectivity index (χ0n) is 15.6. The van der Waals surface area contributed by atoms with Gasteiger partial charge in [-0.05, 0) is 36.1 Å². The van der Waals surface area contributed by atoms with Crippen molar-refractivity contribution in [3.05, 3.63) is 65.7 Å². The standard InChI is InChI=1S/C21H24N2O4S/c24-21(18-13-23(14-18)28(25,26)20-10-11-20)22-12-16-6-8-19(9-7-16)27-15-17-4-2-1-3-5-17/h1-9,18,20H,10-15H2,(H,22,24). The molecule has 1 aliphatic heterocycles. The van der Waals surface area contributed by atoms with Crippen molar-refractivity contribution < 1.29 is 17.9 Å². The maximum absolute atomic E-state index is 12.2. The third-order valence-corrected chi connectivity index (χ3v) is 7.49. The van der Waals surface area contributed by atoms with Gasteiger partial charge in [-0.15, -0.1) is 0 Å². The van der Waals surface area contributed by atoms with Crippen LogP contribution in [0, 0.1) is 5.92 Å². The number of ether oxygens (including phenoxy) is 1. The molecule has 4 rings (SSSR count). The fourth-order valence-electron chi connectivity index (χ4n) is 3.17. The zero-order chi connectivity index (χ0) is 19.6. The van der Waals surface area contributed by atoms with Gasteiger partial charge in [0.2, 0.25) is 15.9 Å². The van der Waals surface area contributed by atoms with E-state index < -0.39 is 10.0 Å². The van der Waals surface area contributed by atoms with Gasteiger partial charge >= 0.3 is 0 Å². The number of nitrogens with zero attached hydrogens (tertiary/aromatic N) is 1. The number of amides is 1. The summed E-state index contributed by atoms with van der Waals surface area (Å²) >= 11 is 0. The van der Waals surface area contributed by atoms with Crippen LogP contribution in [0.25, 0.3) is 0 Å². The molecule has 1 heterocycles. The molecule has 2 aromatic carbocycles. The Labute approximate surface area is 165 Å². The summed E-state index contributed by atoms with van der Waals surface area (Å²) in [5, 5.41) is 2.68. The lowest BCUT2D eigenvalue weighted by Crippen LogP contribution is -2.56. The molecule has 0 aromatic heterocycles. The van der Waals surface area contributed by atoms with Gasteiger partial charge in [-0.25, -0.2) is 8.42 Å². The molecule has 148 valence electrons. The van der Waals surface area contributed by atoms with Crippen molar-refractivity contribution >= 4 is 15.9 Å². The van der Waals surface area contributed by atoms with E-state index in [9.17, 15) is 13.2 Å². The molecule has 1 saturated heterocycles. The number of carbonyl (C=O) groups excluding carboxylic acids is 1. The second-order valence-corrected chi connectivity index (χ2v) is 9.61. The third-order valence-electron chi connectivity index (χ3n) is 5.16. The highest BCUT2D eigenvalue weighted by molar-refractivity contribution is 7.90. The van der Waals surface area contributed by atoms with E-state index in [1.807, 2.05) is 54.6 Å². The SMILES string of the molecule is O=C(NCc1ccc(OCc2ccccc2)cc1)C1CN(S(=O)(=O)C2CC2)C1. The quantitative estimate of drug-likeness (QED) is 0.738. The second-order valence-electron chi connectivity index (χ2n) is 7.39. The molecule has 7 heteroatoms. The number of nitrogens with one attached hydrogen (secondary N) is 1. The van der Waals surface area contributed by atoms with Crippen molar-refractivity contribution in [3.8, 4) is 5.75 Å². The fourth-order valence-corrected chi connectivity index (χ4v) is 5.10. The van der Waals surface area contributed by atoms with Crippen LogP contribution in [-0.2, 0) is 28.0 Å². The fraction of sp³-hybridized carbons (Fsp3) is 0.381. The van der Waals surface area contributed by atoms with Crippen LogP contribution in [0.3, 0.4) is 0 Å². The predicted octanol–water partition coefficient (Wildman–Crippen LogP) is 2.31. The van der Waals surface area contributed by atoms with E-state index in [1.54, 1.807) is 0 Å². The van der Waals surface area contributed by atoms with Gasteiger partial charge in [0.25, 0.3) is 0 Å². The number of hydrogen-bond donors (Lipinski definition) is 1. The van der Waals surface area contributed by atoms with E-state index >= 15 is 0 Å². The van der Waals surface area contributed by atoms with E-state index in [4.69, 9.17) is 4.74 Å². The summed E-state index contributed by atoms with van der Waals surface area (Å²) in [5.74, 6) is 0.438. The first-order valence-corrected chi connectivity index (χ1v) is 11.0. The Morgan fingerprint density at radius 2 is 1.68 bits per heavy atom. The van der Waals surface area contributed by atoms with Gasteiger partial charge < -0.3 is 10.1 Å². The summed E-state index contributed by atoms with van der Waals surface area (Å²) in [6.45, 7) is 1.54. The lowest BCUT2D eigenvalue weighted by Gasteiger charge is -2.37. The average molecular weight is 401 g/mol. The van der Waals surface area contributed by atoms with Gasteiger partial charge in [-0.3, -0.25) is 4.79 Å². The van der Waals surface area contributed by atoms with Crippen molar-refractivity contribution in [1.82, 2.24) is 9.62 Å². The first-order valence-electron chi connectivity index (χ1n) is 9.55. The van der Waals surface area contributed by atoms with Crippen LogP contribution >= 0.6 is 0 Å². The minimum absolute atomic E-state index is 0.0911. The topological polar surface area (TPSA) is 75.7 Å². The van der Waals surface area contributed by atoms with Crippen LogP contribution in [0.1, 0.15) is 24.0 Å². The van der Waals surface area contributed by atoms with Crippen molar-refractivity contribution in [2.75, 3.05) is 13.1 Å². The summed E-state index contributed by atoms with van der Waals surface area (Å²) in [7, 11) is -3.15. The maximum atomic E-state index is 12.2. The molecule has 1 N–H and O–H groups in total. The Hall–Kier alpha value is -2.38.